The maximum absolute atomic E-state index is 15.2. The molecule has 7 nitrogen and oxygen atoms in total. The summed E-state index contributed by atoms with van der Waals surface area (Å²) in [4.78, 5) is 50.1. The zero-order valence-electron chi connectivity index (χ0n) is 28.6. The van der Waals surface area contributed by atoms with E-state index in [-0.39, 0.29) is 35.0 Å². The van der Waals surface area contributed by atoms with Gasteiger partial charge in [0, 0.05) is 29.6 Å². The molecule has 8 heteroatoms. The lowest BCUT2D eigenvalue weighted by molar-refractivity contribution is -0.149. The van der Waals surface area contributed by atoms with E-state index in [9.17, 15) is 14.7 Å². The van der Waals surface area contributed by atoms with E-state index in [4.69, 9.17) is 0 Å². The van der Waals surface area contributed by atoms with E-state index in [0.717, 1.165) is 24.1 Å². The molecule has 3 aliphatic heterocycles. The number of fused-ring (bicyclic) bond motifs is 1. The number of aliphatic hydroxyl groups excluding tert-OH is 1. The molecule has 2 bridgehead atoms. The largest absolute Gasteiger partial charge is 0.394 e. The quantitative estimate of drug-likeness (QED) is 0.262. The van der Waals surface area contributed by atoms with Crippen molar-refractivity contribution in [3.8, 4) is 0 Å². The lowest BCUT2D eigenvalue weighted by Crippen LogP contribution is -2.62. The van der Waals surface area contributed by atoms with Crippen molar-refractivity contribution < 1.29 is 19.5 Å². The van der Waals surface area contributed by atoms with E-state index in [2.05, 4.69) is 47.8 Å². The fraction of sp³-hybridized carbons (Fsp3) is 0.513. The first kappa shape index (κ1) is 35.0. The maximum atomic E-state index is 15.2. The maximum Gasteiger partial charge on any atom is 0.247 e. The number of amides is 3. The van der Waals surface area contributed by atoms with Crippen molar-refractivity contribution in [1.82, 2.24) is 9.80 Å². The molecule has 2 aromatic carbocycles. The number of hydrogen-bond acceptors (Lipinski definition) is 5. The Hall–Kier alpha value is -3.36. The molecule has 3 saturated heterocycles. The predicted octanol–water partition coefficient (Wildman–Crippen LogP) is 6.13. The summed E-state index contributed by atoms with van der Waals surface area (Å²) >= 11 is 1.66. The van der Waals surface area contributed by atoms with Crippen molar-refractivity contribution in [1.29, 1.82) is 0 Å². The van der Waals surface area contributed by atoms with Gasteiger partial charge < -0.3 is 19.8 Å². The van der Waals surface area contributed by atoms with Crippen molar-refractivity contribution in [3.63, 3.8) is 0 Å². The zero-order valence-corrected chi connectivity index (χ0v) is 29.4. The number of aliphatic hydroxyl groups is 1. The normalized spacial score (nSPS) is 25.7. The molecule has 0 saturated carbocycles. The molecule has 0 aromatic heterocycles. The van der Waals surface area contributed by atoms with E-state index >= 15 is 4.79 Å². The summed E-state index contributed by atoms with van der Waals surface area (Å²) in [7, 11) is 0. The summed E-state index contributed by atoms with van der Waals surface area (Å²) in [6, 6.07) is 17.8. The van der Waals surface area contributed by atoms with Crippen LogP contribution in [0.25, 0.3) is 0 Å². The fourth-order valence-corrected chi connectivity index (χ4v) is 10.9. The number of anilines is 1. The average molecular weight is 658 g/mol. The Balaban J connectivity index is 1.61. The van der Waals surface area contributed by atoms with Gasteiger partial charge >= 0.3 is 0 Å². The molecule has 0 aliphatic carbocycles. The standard InChI is InChI=1S/C39H51N3O4S/c1-8-22-40(28-18-14-11-15-19-28)34(44)31-30-20-21-39(47-30)32(31)35(45)42(29(25-43)24-27-16-12-10-13-17-27)33(39)36(46)41(23-9-2)38(6,7)26-37(3,4)5/h8-19,29-33,43H,1-2,20-26H2,3-7H3/t29-,30-,31+,32+,33?,39?/m1/s1. The van der Waals surface area contributed by atoms with Gasteiger partial charge in [0.25, 0.3) is 0 Å². The molecule has 3 amide bonds. The molecule has 47 heavy (non-hydrogen) atoms. The molecule has 0 radical (unpaired) electrons. The zero-order chi connectivity index (χ0) is 34.1. The van der Waals surface area contributed by atoms with Gasteiger partial charge in [-0.05, 0) is 62.6 Å². The van der Waals surface area contributed by atoms with Gasteiger partial charge in [0.15, 0.2) is 0 Å². The van der Waals surface area contributed by atoms with Gasteiger partial charge in [0.2, 0.25) is 17.7 Å². The second-order valence-corrected chi connectivity index (χ2v) is 16.8. The van der Waals surface area contributed by atoms with Crippen molar-refractivity contribution >= 4 is 35.2 Å². The molecular formula is C39H51N3O4S. The van der Waals surface area contributed by atoms with E-state index in [1.165, 1.54) is 0 Å². The van der Waals surface area contributed by atoms with Crippen LogP contribution in [0.3, 0.4) is 0 Å². The highest BCUT2D eigenvalue weighted by molar-refractivity contribution is 8.02. The van der Waals surface area contributed by atoms with Gasteiger partial charge in [0.1, 0.15) is 6.04 Å². The van der Waals surface area contributed by atoms with Crippen LogP contribution < -0.4 is 4.90 Å². The van der Waals surface area contributed by atoms with Crippen LogP contribution in [0.4, 0.5) is 5.69 Å². The second-order valence-electron chi connectivity index (χ2n) is 15.2. The molecule has 5 rings (SSSR count). The summed E-state index contributed by atoms with van der Waals surface area (Å²) in [6.07, 6.45) is 6.02. The minimum Gasteiger partial charge on any atom is -0.394 e. The van der Waals surface area contributed by atoms with E-state index < -0.39 is 34.2 Å². The minimum absolute atomic E-state index is 0.0553. The Kier molecular flexibility index (Phi) is 10.1. The van der Waals surface area contributed by atoms with Crippen molar-refractivity contribution in [2.45, 2.75) is 87.9 Å². The van der Waals surface area contributed by atoms with Crippen LogP contribution in [-0.4, -0.2) is 79.9 Å². The van der Waals surface area contributed by atoms with Crippen molar-refractivity contribution in [2.24, 2.45) is 17.3 Å². The van der Waals surface area contributed by atoms with Crippen LogP contribution >= 0.6 is 11.8 Å². The monoisotopic (exact) mass is 657 g/mol. The lowest BCUT2D eigenvalue weighted by atomic mass is 9.70. The van der Waals surface area contributed by atoms with Gasteiger partial charge in [-0.25, -0.2) is 0 Å². The van der Waals surface area contributed by atoms with Gasteiger partial charge in [-0.2, -0.15) is 0 Å². The van der Waals surface area contributed by atoms with Crippen LogP contribution in [0.2, 0.25) is 0 Å². The molecule has 1 N–H and O–H groups in total. The third-order valence-corrected chi connectivity index (χ3v) is 12.0. The number of benzene rings is 2. The number of likely N-dealkylation sites (tertiary alicyclic amines) is 1. The Morgan fingerprint density at radius 2 is 1.62 bits per heavy atom. The number of hydrogen-bond donors (Lipinski definition) is 1. The number of nitrogens with zero attached hydrogens (tertiary/aromatic N) is 3. The van der Waals surface area contributed by atoms with E-state index in [1.54, 1.807) is 33.7 Å². The second kappa shape index (κ2) is 13.6. The minimum atomic E-state index is -0.822. The molecule has 252 valence electrons. The van der Waals surface area contributed by atoms with Crippen LogP contribution in [0.5, 0.6) is 0 Å². The number of rotatable bonds is 13. The van der Waals surface area contributed by atoms with Crippen LogP contribution in [-0.2, 0) is 20.8 Å². The first-order valence-corrected chi connectivity index (χ1v) is 17.7. The molecular weight excluding hydrogens is 607 g/mol. The smallest absolute Gasteiger partial charge is 0.247 e. The van der Waals surface area contributed by atoms with Gasteiger partial charge in [-0.15, -0.1) is 24.9 Å². The lowest BCUT2D eigenvalue weighted by Gasteiger charge is -2.46. The van der Waals surface area contributed by atoms with Crippen molar-refractivity contribution in [2.75, 3.05) is 24.6 Å². The number of thioether (sulfide) groups is 1. The number of para-hydroxylation sites is 1. The molecule has 6 atom stereocenters. The van der Waals surface area contributed by atoms with E-state index in [0.29, 0.717) is 25.9 Å². The van der Waals surface area contributed by atoms with Crippen LogP contribution in [0.1, 0.15) is 59.4 Å². The van der Waals surface area contributed by atoms with Crippen molar-refractivity contribution in [3.05, 3.63) is 91.5 Å². The van der Waals surface area contributed by atoms with Crippen LogP contribution in [0, 0.1) is 17.3 Å². The van der Waals surface area contributed by atoms with Gasteiger partial charge in [0.05, 0.1) is 29.2 Å². The van der Waals surface area contributed by atoms with Gasteiger partial charge in [-0.1, -0.05) is 81.5 Å². The number of carbonyl (C=O) groups is 3. The van der Waals surface area contributed by atoms with E-state index in [1.807, 2.05) is 65.6 Å². The molecule has 1 spiro atoms. The van der Waals surface area contributed by atoms with Gasteiger partial charge in [-0.3, -0.25) is 14.4 Å². The third-order valence-electron chi connectivity index (χ3n) is 10.1. The molecule has 3 aliphatic rings. The molecule has 3 heterocycles. The summed E-state index contributed by atoms with van der Waals surface area (Å²) in [5.74, 6) is -1.71. The Morgan fingerprint density at radius 3 is 2.19 bits per heavy atom. The van der Waals surface area contributed by atoms with Crippen LogP contribution in [0.15, 0.2) is 86.0 Å². The Morgan fingerprint density at radius 1 is 1.00 bits per heavy atom. The predicted molar refractivity (Wildman–Crippen MR) is 191 cm³/mol. The Bertz CT molecular complexity index is 1470. The summed E-state index contributed by atoms with van der Waals surface area (Å²) < 4.78 is -0.781. The summed E-state index contributed by atoms with van der Waals surface area (Å²) in [5, 5.41) is 10.8. The fourth-order valence-electron chi connectivity index (χ4n) is 8.73. The highest BCUT2D eigenvalue weighted by Crippen LogP contribution is 2.67. The summed E-state index contributed by atoms with van der Waals surface area (Å²) in [5.41, 5.74) is 1.14. The highest BCUT2D eigenvalue weighted by atomic mass is 32.2. The number of carbonyl (C=O) groups excluding carboxylic acids is 3. The summed E-state index contributed by atoms with van der Waals surface area (Å²) in [6.45, 7) is 18.9. The topological polar surface area (TPSA) is 81.2 Å². The highest BCUT2D eigenvalue weighted by Gasteiger charge is 2.75. The average Bonchev–Trinajstić information content (AvgIpc) is 3.68. The molecule has 3 fully saturated rings. The first-order chi connectivity index (χ1) is 22.3. The first-order valence-electron chi connectivity index (χ1n) is 16.8. The molecule has 2 aromatic rings. The Labute approximate surface area is 285 Å². The third kappa shape index (κ3) is 6.56. The SMILES string of the molecule is C=CCN(C(=O)[C@@H]1[C@H]2C(=O)N([C@@H](CO)Cc3ccccc3)C(C(=O)N(CC=C)C(C)(C)CC(C)(C)C)C23CC[C@H]1S3)c1ccccc1. The molecule has 2 unspecified atom stereocenters.